The van der Waals surface area contributed by atoms with Crippen molar-refractivity contribution in [2.75, 3.05) is 18.8 Å². The van der Waals surface area contributed by atoms with Crippen LogP contribution < -0.4 is 4.74 Å². The Balaban J connectivity index is 0.000000286. The highest BCUT2D eigenvalue weighted by molar-refractivity contribution is 8.01. The summed E-state index contributed by atoms with van der Waals surface area (Å²) in [7, 11) is 0. The van der Waals surface area contributed by atoms with Crippen LogP contribution in [-0.4, -0.2) is 79.1 Å². The van der Waals surface area contributed by atoms with Crippen LogP contribution in [0, 0.1) is 6.92 Å². The highest BCUT2D eigenvalue weighted by Crippen LogP contribution is 2.46. The van der Waals surface area contributed by atoms with Gasteiger partial charge in [0.1, 0.15) is 6.10 Å². The topological polar surface area (TPSA) is 113 Å². The van der Waals surface area contributed by atoms with Crippen molar-refractivity contribution in [3.05, 3.63) is 54.0 Å². The zero-order valence-corrected chi connectivity index (χ0v) is 20.1. The largest absolute Gasteiger partial charge is 0.490 e. The second-order valence-electron chi connectivity index (χ2n) is 8.13. The molecule has 37 heavy (non-hydrogen) atoms. The first-order valence-electron chi connectivity index (χ1n) is 10.6. The van der Waals surface area contributed by atoms with Crippen molar-refractivity contribution < 1.29 is 50.9 Å². The first kappa shape index (κ1) is 30.2. The van der Waals surface area contributed by atoms with Crippen LogP contribution in [0.2, 0.25) is 0 Å². The highest BCUT2D eigenvalue weighted by atomic mass is 32.2. The molecule has 2 aromatic heterocycles. The summed E-state index contributed by atoms with van der Waals surface area (Å²) in [5.74, 6) is -3.71. The third-order valence-corrected chi connectivity index (χ3v) is 6.52. The predicted octanol–water partition coefficient (Wildman–Crippen LogP) is 4.19. The van der Waals surface area contributed by atoms with E-state index < -0.39 is 24.3 Å². The fourth-order valence-electron chi connectivity index (χ4n) is 3.48. The van der Waals surface area contributed by atoms with E-state index >= 15 is 0 Å². The normalized spacial score (nSPS) is 18.5. The number of aromatic nitrogens is 2. The standard InChI is InChI=1S/C18H21N3OS.2C2HF3O2/c1-14-5-4-6-15(20-14)10-21-12-18(13-21)9-16(11-23-18)22-17-7-2-3-8-19-17;2*3-2(4,5)1(6)7/h2-8,16H,9-13H2,1H3;2*(H,6,7). The monoisotopic (exact) mass is 555 g/mol. The molecule has 1 spiro atoms. The van der Waals surface area contributed by atoms with E-state index in [9.17, 15) is 26.3 Å². The van der Waals surface area contributed by atoms with Crippen LogP contribution >= 0.6 is 11.8 Å². The van der Waals surface area contributed by atoms with Crippen LogP contribution in [-0.2, 0) is 16.1 Å². The summed E-state index contributed by atoms with van der Waals surface area (Å²) < 4.78 is 69.9. The van der Waals surface area contributed by atoms with Crippen molar-refractivity contribution >= 4 is 23.7 Å². The van der Waals surface area contributed by atoms with Crippen LogP contribution in [0.15, 0.2) is 42.6 Å². The van der Waals surface area contributed by atoms with Gasteiger partial charge >= 0.3 is 24.3 Å². The minimum Gasteiger partial charge on any atom is -0.475 e. The molecule has 2 N–H and O–H groups in total. The number of carboxylic acids is 2. The molecule has 2 aromatic rings. The fourth-order valence-corrected chi connectivity index (χ4v) is 5.06. The summed E-state index contributed by atoms with van der Waals surface area (Å²) in [5, 5.41) is 14.2. The van der Waals surface area contributed by atoms with Crippen molar-refractivity contribution in [2.45, 2.75) is 43.1 Å². The Labute approximate surface area is 211 Å². The number of thioether (sulfide) groups is 1. The number of alkyl halides is 6. The van der Waals surface area contributed by atoms with Crippen LogP contribution in [0.3, 0.4) is 0 Å². The Morgan fingerprint density at radius 2 is 1.65 bits per heavy atom. The number of hydrogen-bond acceptors (Lipinski definition) is 7. The predicted molar refractivity (Wildman–Crippen MR) is 120 cm³/mol. The molecule has 2 saturated heterocycles. The van der Waals surface area contributed by atoms with Gasteiger partial charge in [0, 0.05) is 54.5 Å². The number of aliphatic carboxylic acids is 2. The lowest BCUT2D eigenvalue weighted by Crippen LogP contribution is -2.58. The Kier molecular flexibility index (Phi) is 10.1. The summed E-state index contributed by atoms with van der Waals surface area (Å²) in [6, 6.07) is 12.1. The third-order valence-electron chi connectivity index (χ3n) is 4.94. The highest BCUT2D eigenvalue weighted by Gasteiger charge is 2.49. The zero-order chi connectivity index (χ0) is 27.9. The summed E-state index contributed by atoms with van der Waals surface area (Å²) in [4.78, 5) is 29.1. The van der Waals surface area contributed by atoms with E-state index in [4.69, 9.17) is 24.5 Å². The molecule has 0 saturated carbocycles. The second kappa shape index (κ2) is 12.4. The maximum atomic E-state index is 10.6. The van der Waals surface area contributed by atoms with E-state index in [1.807, 2.05) is 31.2 Å². The number of pyridine rings is 2. The van der Waals surface area contributed by atoms with Gasteiger partial charge in [0.05, 0.1) is 5.69 Å². The molecule has 0 amide bonds. The van der Waals surface area contributed by atoms with Gasteiger partial charge in [-0.15, -0.1) is 11.8 Å². The first-order valence-corrected chi connectivity index (χ1v) is 11.5. The number of rotatable bonds is 4. The van der Waals surface area contributed by atoms with E-state index in [2.05, 4.69) is 38.8 Å². The Bertz CT molecular complexity index is 1030. The van der Waals surface area contributed by atoms with Crippen molar-refractivity contribution in [3.8, 4) is 5.88 Å². The molecule has 2 aliphatic heterocycles. The van der Waals surface area contributed by atoms with E-state index in [1.165, 1.54) is 5.69 Å². The number of carbonyl (C=O) groups is 2. The Morgan fingerprint density at radius 1 is 1.05 bits per heavy atom. The summed E-state index contributed by atoms with van der Waals surface area (Å²) in [6.45, 7) is 5.27. The zero-order valence-electron chi connectivity index (χ0n) is 19.3. The maximum Gasteiger partial charge on any atom is 0.490 e. The van der Waals surface area contributed by atoms with Gasteiger partial charge in [-0.05, 0) is 25.1 Å². The summed E-state index contributed by atoms with van der Waals surface area (Å²) in [5.41, 5.74) is 2.26. The van der Waals surface area contributed by atoms with Crippen molar-refractivity contribution in [2.24, 2.45) is 0 Å². The van der Waals surface area contributed by atoms with E-state index in [0.717, 1.165) is 43.4 Å². The third kappa shape index (κ3) is 10.1. The molecule has 0 aromatic carbocycles. The van der Waals surface area contributed by atoms with Crippen molar-refractivity contribution in [1.29, 1.82) is 0 Å². The second-order valence-corrected chi connectivity index (χ2v) is 9.62. The Hall–Kier alpha value is -3.07. The lowest BCUT2D eigenvalue weighted by atomic mass is 9.93. The smallest absolute Gasteiger partial charge is 0.475 e. The molecule has 204 valence electrons. The average molecular weight is 555 g/mol. The minimum atomic E-state index is -5.08. The van der Waals surface area contributed by atoms with Crippen LogP contribution in [0.1, 0.15) is 17.8 Å². The summed E-state index contributed by atoms with van der Waals surface area (Å²) >= 11 is 2.06. The molecule has 15 heteroatoms. The van der Waals surface area contributed by atoms with Crippen molar-refractivity contribution in [3.63, 3.8) is 0 Å². The molecule has 2 fully saturated rings. The fraction of sp³-hybridized carbons (Fsp3) is 0.455. The average Bonchev–Trinajstić information content (AvgIpc) is 3.17. The number of hydrogen-bond donors (Lipinski definition) is 2. The molecule has 2 aliphatic rings. The van der Waals surface area contributed by atoms with Gasteiger partial charge in [0.15, 0.2) is 0 Å². The van der Waals surface area contributed by atoms with E-state index in [-0.39, 0.29) is 6.10 Å². The van der Waals surface area contributed by atoms with Gasteiger partial charge in [-0.25, -0.2) is 14.6 Å². The molecular formula is C22H23F6N3O5S. The van der Waals surface area contributed by atoms with E-state index in [0.29, 0.717) is 4.75 Å². The molecule has 1 atom stereocenters. The molecule has 0 aliphatic carbocycles. The minimum absolute atomic E-state index is 0.286. The number of carboxylic acid groups (broad SMARTS) is 2. The molecule has 8 nitrogen and oxygen atoms in total. The van der Waals surface area contributed by atoms with Gasteiger partial charge in [-0.1, -0.05) is 12.1 Å². The Morgan fingerprint density at radius 3 is 2.14 bits per heavy atom. The van der Waals surface area contributed by atoms with Crippen molar-refractivity contribution in [1.82, 2.24) is 14.9 Å². The van der Waals surface area contributed by atoms with Gasteiger partial charge < -0.3 is 14.9 Å². The van der Waals surface area contributed by atoms with Gasteiger partial charge in [0.25, 0.3) is 0 Å². The molecule has 1 unspecified atom stereocenters. The van der Waals surface area contributed by atoms with Gasteiger partial charge in [-0.3, -0.25) is 9.88 Å². The number of halogens is 6. The number of ether oxygens (including phenoxy) is 1. The van der Waals surface area contributed by atoms with Gasteiger partial charge in [-0.2, -0.15) is 26.3 Å². The quantitative estimate of drug-likeness (QED) is 0.537. The lowest BCUT2D eigenvalue weighted by Gasteiger charge is -2.47. The van der Waals surface area contributed by atoms with Crippen LogP contribution in [0.5, 0.6) is 5.88 Å². The lowest BCUT2D eigenvalue weighted by molar-refractivity contribution is -0.193. The SMILES string of the molecule is Cc1cccc(CN2CC3(CC(Oc4ccccn4)CS3)C2)n1.O=C(O)C(F)(F)F.O=C(O)C(F)(F)F. The molecule has 0 radical (unpaired) electrons. The molecule has 0 bridgehead atoms. The first-order chi connectivity index (χ1) is 17.1. The van der Waals surface area contributed by atoms with Gasteiger partial charge in [0.2, 0.25) is 5.88 Å². The van der Waals surface area contributed by atoms with Crippen LogP contribution in [0.25, 0.3) is 0 Å². The number of likely N-dealkylation sites (tertiary alicyclic amines) is 1. The number of aryl methyl sites for hydroxylation is 1. The maximum absolute atomic E-state index is 10.6. The molecule has 4 rings (SSSR count). The molecular weight excluding hydrogens is 532 g/mol. The molecule has 4 heterocycles. The number of nitrogens with zero attached hydrogens (tertiary/aromatic N) is 3. The van der Waals surface area contributed by atoms with E-state index in [1.54, 1.807) is 6.20 Å². The van der Waals surface area contributed by atoms with Crippen LogP contribution in [0.4, 0.5) is 26.3 Å². The summed E-state index contributed by atoms with van der Waals surface area (Å²) in [6.07, 6.45) is -6.98.